The van der Waals surface area contributed by atoms with Gasteiger partial charge < -0.3 is 18.7 Å². The predicted molar refractivity (Wildman–Crippen MR) is 136 cm³/mol. The first kappa shape index (κ1) is 26.4. The van der Waals surface area contributed by atoms with Crippen LogP contribution >= 0.6 is 0 Å². The Hall–Kier alpha value is -4.18. The third-order valence-corrected chi connectivity index (χ3v) is 5.65. The molecule has 10 heteroatoms. The van der Waals surface area contributed by atoms with E-state index in [1.165, 1.54) is 0 Å². The van der Waals surface area contributed by atoms with Crippen molar-refractivity contribution in [3.8, 4) is 34.3 Å². The van der Waals surface area contributed by atoms with Crippen molar-refractivity contribution in [3.05, 3.63) is 70.0 Å². The van der Waals surface area contributed by atoms with Gasteiger partial charge in [-0.2, -0.15) is 0 Å². The highest BCUT2D eigenvalue weighted by atomic mass is 16.5. The molecule has 0 bridgehead atoms. The van der Waals surface area contributed by atoms with Crippen molar-refractivity contribution in [2.24, 2.45) is 0 Å². The fraction of sp³-hybridized carbons (Fsp3) is 0.308. The minimum absolute atomic E-state index is 0. The van der Waals surface area contributed by atoms with Crippen LogP contribution in [0.3, 0.4) is 0 Å². The molecule has 1 N–H and O–H groups in total. The minimum atomic E-state index is -0.589. The molecule has 36 heavy (non-hydrogen) atoms. The number of hydrogen-bond acceptors (Lipinski definition) is 9. The summed E-state index contributed by atoms with van der Waals surface area (Å²) in [5.74, 6) is 2.47. The molecule has 2 aromatic heterocycles. The number of aryl methyl sites for hydroxylation is 1. The lowest BCUT2D eigenvalue weighted by Crippen LogP contribution is -2.23. The Labute approximate surface area is 210 Å². The molecule has 0 atom stereocenters. The smallest absolute Gasteiger partial charge is 0.439 e. The Morgan fingerprint density at radius 1 is 1.08 bits per heavy atom. The van der Waals surface area contributed by atoms with Crippen molar-refractivity contribution < 1.29 is 24.6 Å². The number of H-pyrrole nitrogens is 1. The van der Waals surface area contributed by atoms with E-state index >= 15 is 0 Å². The fourth-order valence-corrected chi connectivity index (χ4v) is 3.62. The topological polar surface area (TPSA) is 124 Å². The van der Waals surface area contributed by atoms with Gasteiger partial charge in [0, 0.05) is 19.1 Å². The molecule has 0 aliphatic heterocycles. The van der Waals surface area contributed by atoms with Crippen molar-refractivity contribution >= 4 is 6.79 Å². The average molecular weight is 497 g/mol. The van der Waals surface area contributed by atoms with Crippen LogP contribution in [0.25, 0.3) is 22.8 Å². The Balaban J connectivity index is 0.00000157. The van der Waals surface area contributed by atoms with E-state index in [1.54, 1.807) is 7.11 Å². The quantitative estimate of drug-likeness (QED) is 0.338. The third-order valence-electron chi connectivity index (χ3n) is 5.65. The number of benzene rings is 2. The molecule has 10 nitrogen and oxygen atoms in total. The SMILES string of the molecule is C=O.CCN(CC)Cc1nc(-c2ccc(OC)cc2)oc1COc1ccc(-c2noc(=O)[nH]2)c(C)c1.[HH]. The number of oxazole rings is 1. The predicted octanol–water partition coefficient (Wildman–Crippen LogP) is 4.48. The van der Waals surface area contributed by atoms with Crippen molar-refractivity contribution in [1.29, 1.82) is 0 Å². The van der Waals surface area contributed by atoms with Gasteiger partial charge in [0.1, 0.15) is 30.6 Å². The number of hydrogen-bond donors (Lipinski definition) is 1. The van der Waals surface area contributed by atoms with Crippen molar-refractivity contribution in [2.75, 3.05) is 20.2 Å². The molecular weight excluding hydrogens is 464 g/mol. The normalized spacial score (nSPS) is 10.7. The summed E-state index contributed by atoms with van der Waals surface area (Å²) >= 11 is 0. The van der Waals surface area contributed by atoms with Gasteiger partial charge in [-0.3, -0.25) is 14.4 Å². The van der Waals surface area contributed by atoms with Crippen LogP contribution in [-0.4, -0.2) is 47.0 Å². The number of nitrogens with zero attached hydrogens (tertiary/aromatic N) is 3. The molecular formula is C26H32N4O6. The molecule has 0 spiro atoms. The summed E-state index contributed by atoms with van der Waals surface area (Å²) in [5.41, 5.74) is 3.38. The first-order valence-electron chi connectivity index (χ1n) is 11.4. The van der Waals surface area contributed by atoms with E-state index < -0.39 is 5.76 Å². The summed E-state index contributed by atoms with van der Waals surface area (Å²) in [5, 5.41) is 3.75. The van der Waals surface area contributed by atoms with Gasteiger partial charge in [-0.1, -0.05) is 19.0 Å². The molecule has 0 saturated carbocycles. The maximum absolute atomic E-state index is 11.3. The Kier molecular flexibility index (Phi) is 9.18. The molecule has 0 saturated heterocycles. The lowest BCUT2D eigenvalue weighted by Gasteiger charge is -2.16. The van der Waals surface area contributed by atoms with Crippen molar-refractivity contribution in [3.63, 3.8) is 0 Å². The van der Waals surface area contributed by atoms with Crippen LogP contribution < -0.4 is 15.2 Å². The maximum atomic E-state index is 11.3. The standard InChI is InChI=1S/C25H28N4O5.CH2O.H2/c1-5-29(6-2)14-21-22(33-24(26-21)17-7-9-18(31-4)10-8-17)15-32-19-11-12-20(16(3)13-19)23-27-25(30)34-28-23;1-2;/h7-13H,5-6,14-15H2,1-4H3,(H,27,28,30);1H2;1H. The summed E-state index contributed by atoms with van der Waals surface area (Å²) < 4.78 is 22.1. The van der Waals surface area contributed by atoms with Crippen LogP contribution in [0.2, 0.25) is 0 Å². The van der Waals surface area contributed by atoms with Crippen LogP contribution in [0.5, 0.6) is 11.5 Å². The maximum Gasteiger partial charge on any atom is 0.439 e. The lowest BCUT2D eigenvalue weighted by atomic mass is 10.1. The van der Waals surface area contributed by atoms with E-state index in [-0.39, 0.29) is 8.03 Å². The van der Waals surface area contributed by atoms with Gasteiger partial charge in [0.15, 0.2) is 11.6 Å². The van der Waals surface area contributed by atoms with Crippen LogP contribution in [0.4, 0.5) is 0 Å². The largest absolute Gasteiger partial charge is 0.497 e. The molecule has 4 rings (SSSR count). The van der Waals surface area contributed by atoms with E-state index in [0.29, 0.717) is 29.8 Å². The number of aromatic nitrogens is 3. The second-order valence-corrected chi connectivity index (χ2v) is 7.79. The summed E-state index contributed by atoms with van der Waals surface area (Å²) in [6.45, 7) is 10.9. The highest BCUT2D eigenvalue weighted by molar-refractivity contribution is 5.60. The van der Waals surface area contributed by atoms with E-state index in [2.05, 4.69) is 33.4 Å². The van der Waals surface area contributed by atoms with Crippen LogP contribution in [0.1, 0.15) is 32.3 Å². The lowest BCUT2D eigenvalue weighted by molar-refractivity contribution is -0.0980. The summed E-state index contributed by atoms with van der Waals surface area (Å²) in [7, 11) is 1.64. The highest BCUT2D eigenvalue weighted by Crippen LogP contribution is 2.28. The van der Waals surface area contributed by atoms with E-state index in [1.807, 2.05) is 56.2 Å². The third kappa shape index (κ3) is 6.28. The molecule has 2 aromatic carbocycles. The monoisotopic (exact) mass is 496 g/mol. The molecule has 0 radical (unpaired) electrons. The molecule has 0 aliphatic rings. The van der Waals surface area contributed by atoms with Gasteiger partial charge in [-0.25, -0.2) is 9.78 Å². The van der Waals surface area contributed by atoms with Crippen LogP contribution in [-0.2, 0) is 17.9 Å². The Morgan fingerprint density at radius 3 is 2.36 bits per heavy atom. The number of methoxy groups -OCH3 is 1. The zero-order valence-corrected chi connectivity index (χ0v) is 20.9. The molecule has 0 amide bonds. The number of carbonyl (C=O) groups is 1. The number of aromatic amines is 1. The molecule has 0 fully saturated rings. The summed E-state index contributed by atoms with van der Waals surface area (Å²) in [6, 6.07) is 13.1. The van der Waals surface area contributed by atoms with E-state index in [4.69, 9.17) is 23.7 Å². The van der Waals surface area contributed by atoms with Gasteiger partial charge >= 0.3 is 5.76 Å². The summed E-state index contributed by atoms with van der Waals surface area (Å²) in [6.07, 6.45) is 0. The zero-order valence-electron chi connectivity index (χ0n) is 20.9. The van der Waals surface area contributed by atoms with E-state index in [0.717, 1.165) is 41.2 Å². The molecule has 0 aliphatic carbocycles. The van der Waals surface area contributed by atoms with Gasteiger partial charge in [0.05, 0.1) is 7.11 Å². The molecule has 0 unspecified atom stereocenters. The van der Waals surface area contributed by atoms with E-state index in [9.17, 15) is 4.79 Å². The molecule has 2 heterocycles. The summed E-state index contributed by atoms with van der Waals surface area (Å²) in [4.78, 5) is 28.9. The fourth-order valence-electron chi connectivity index (χ4n) is 3.62. The Bertz CT molecular complexity index is 1310. The number of ether oxygens (including phenoxy) is 2. The van der Waals surface area contributed by atoms with Gasteiger partial charge in [0.25, 0.3) is 0 Å². The zero-order chi connectivity index (χ0) is 26.1. The van der Waals surface area contributed by atoms with Crippen LogP contribution in [0, 0.1) is 6.92 Å². The minimum Gasteiger partial charge on any atom is -0.497 e. The second kappa shape index (κ2) is 12.5. The molecule has 4 aromatic rings. The van der Waals surface area contributed by atoms with Crippen molar-refractivity contribution in [1.82, 2.24) is 20.0 Å². The van der Waals surface area contributed by atoms with Gasteiger partial charge in [0.2, 0.25) is 5.89 Å². The number of nitrogens with one attached hydrogen (secondary N) is 1. The number of rotatable bonds is 10. The molecule has 192 valence electrons. The van der Waals surface area contributed by atoms with Crippen LogP contribution in [0.15, 0.2) is 56.2 Å². The van der Waals surface area contributed by atoms with Gasteiger partial charge in [-0.05, 0) is 68.0 Å². The first-order chi connectivity index (χ1) is 17.5. The van der Waals surface area contributed by atoms with Crippen molar-refractivity contribution in [2.45, 2.75) is 33.9 Å². The average Bonchev–Trinajstić information content (AvgIpc) is 3.53. The number of carbonyl (C=O) groups excluding carboxylic acids is 1. The second-order valence-electron chi connectivity index (χ2n) is 7.79. The Morgan fingerprint density at radius 2 is 1.78 bits per heavy atom. The highest BCUT2D eigenvalue weighted by Gasteiger charge is 2.18. The first-order valence-corrected chi connectivity index (χ1v) is 11.4. The van der Waals surface area contributed by atoms with Gasteiger partial charge in [-0.15, -0.1) is 0 Å².